The van der Waals surface area contributed by atoms with Gasteiger partial charge in [-0.3, -0.25) is 0 Å². The lowest BCUT2D eigenvalue weighted by Gasteiger charge is -2.27. The number of para-hydroxylation sites is 12. The summed E-state index contributed by atoms with van der Waals surface area (Å²) in [6, 6.07) is 159. The van der Waals surface area contributed by atoms with Crippen LogP contribution in [-0.4, -0.2) is 0 Å². The summed E-state index contributed by atoms with van der Waals surface area (Å²) in [6.45, 7) is 0. The first kappa shape index (κ1) is 71.2. The Labute approximate surface area is 689 Å². The van der Waals surface area contributed by atoms with E-state index in [0.717, 1.165) is 161 Å². The number of anilines is 18. The average molecular weight is 1570 g/mol. The lowest BCUT2D eigenvalue weighted by atomic mass is 9.82. The van der Waals surface area contributed by atoms with E-state index in [1.54, 1.807) is 0 Å². The summed E-state index contributed by atoms with van der Waals surface area (Å²) in [5.74, 6) is 0. The van der Waals surface area contributed by atoms with Crippen molar-refractivity contribution in [2.24, 2.45) is 0 Å². The minimum absolute atomic E-state index is 1.07. The monoisotopic (exact) mass is 1570 g/mol. The molecular formula is C102H72N6S6. The molecule has 0 spiro atoms. The van der Waals surface area contributed by atoms with Gasteiger partial charge in [0.15, 0.2) is 0 Å². The minimum atomic E-state index is 1.07. The van der Waals surface area contributed by atoms with Crippen LogP contribution in [0.4, 0.5) is 98.3 Å². The van der Waals surface area contributed by atoms with Crippen molar-refractivity contribution in [3.63, 3.8) is 0 Å². The molecule has 0 amide bonds. The molecule has 0 saturated carbocycles. The van der Waals surface area contributed by atoms with Crippen LogP contribution in [0.2, 0.25) is 0 Å². The molecule has 6 aromatic heterocycles. The van der Waals surface area contributed by atoms with Gasteiger partial charge in [-0.25, -0.2) is 0 Å². The lowest BCUT2D eigenvalue weighted by Crippen LogP contribution is -2.08. The molecule has 546 valence electrons. The molecule has 0 aliphatic rings. The molecule has 0 radical (unpaired) electrons. The van der Waals surface area contributed by atoms with Gasteiger partial charge in [-0.05, 0) is 218 Å². The van der Waals surface area contributed by atoms with Gasteiger partial charge in [-0.15, -0.1) is 68.0 Å². The zero-order valence-electron chi connectivity index (χ0n) is 61.7. The van der Waals surface area contributed by atoms with Gasteiger partial charge < -0.3 is 29.4 Å². The van der Waals surface area contributed by atoms with Crippen molar-refractivity contribution >= 4 is 166 Å². The van der Waals surface area contributed by atoms with Crippen molar-refractivity contribution in [2.45, 2.75) is 0 Å². The zero-order chi connectivity index (χ0) is 75.9. The van der Waals surface area contributed by atoms with Gasteiger partial charge >= 0.3 is 0 Å². The predicted octanol–water partition coefficient (Wildman–Crippen LogP) is 32.9. The first-order chi connectivity index (χ1) is 56.6. The Morgan fingerprint density at radius 1 is 0.105 bits per heavy atom. The van der Waals surface area contributed by atoms with Gasteiger partial charge in [0, 0.05) is 131 Å². The number of hydrogen-bond acceptors (Lipinski definition) is 12. The highest BCUT2D eigenvalue weighted by molar-refractivity contribution is 7.23. The predicted molar refractivity (Wildman–Crippen MR) is 494 cm³/mol. The van der Waals surface area contributed by atoms with Crippen molar-refractivity contribution in [2.75, 3.05) is 29.4 Å². The smallest absolute Gasteiger partial charge is 0.101 e. The van der Waals surface area contributed by atoms with E-state index >= 15 is 0 Å². The number of hydrogen-bond donors (Lipinski definition) is 0. The summed E-state index contributed by atoms with van der Waals surface area (Å²) in [7, 11) is 0. The fourth-order valence-corrected chi connectivity index (χ4v) is 21.7. The summed E-state index contributed by atoms with van der Waals surface area (Å²) < 4.78 is 0. The number of thiophene rings is 6. The highest BCUT2D eigenvalue weighted by Crippen LogP contribution is 2.64. The molecule has 6 heterocycles. The summed E-state index contributed by atoms with van der Waals surface area (Å²) >= 11 is 11.0. The van der Waals surface area contributed by atoms with Crippen LogP contribution in [0.25, 0.3) is 62.6 Å². The lowest BCUT2D eigenvalue weighted by molar-refractivity contribution is 1.32. The summed E-state index contributed by atoms with van der Waals surface area (Å²) in [5.41, 5.74) is 19.6. The maximum absolute atomic E-state index is 2.42. The second-order valence-electron chi connectivity index (χ2n) is 27.1. The third-order valence-corrected chi connectivity index (χ3v) is 26.6. The van der Waals surface area contributed by atoms with Crippen molar-refractivity contribution in [3.8, 4) is 62.6 Å². The molecule has 0 atom stereocenters. The minimum Gasteiger partial charge on any atom is -0.302 e. The molecule has 0 bridgehead atoms. The van der Waals surface area contributed by atoms with Crippen molar-refractivity contribution in [3.05, 3.63) is 437 Å². The normalized spacial score (nSPS) is 11.2. The Hall–Kier alpha value is -13.1. The number of benzene rings is 13. The van der Waals surface area contributed by atoms with E-state index in [1.165, 1.54) is 0 Å². The first-order valence-electron chi connectivity index (χ1n) is 37.9. The Kier molecular flexibility index (Phi) is 20.4. The molecule has 0 fully saturated rings. The van der Waals surface area contributed by atoms with Crippen LogP contribution in [0.15, 0.2) is 437 Å². The van der Waals surface area contributed by atoms with Crippen LogP contribution in [0, 0.1) is 0 Å². The standard InChI is InChI=1S/C102H72N6S6/c1-13-37-73(38-14-1)103(74-39-15-2-16-40-74)91-67-61-85(109-91)97-98(86-62-68-92(110-86)104(75-41-17-3-18-42-75)76-43-19-4-20-44-76)100(88-64-70-94(112-88)106(79-49-25-7-26-50-79)80-51-27-8-28-52-80)102(90-66-72-96(114-90)108(83-57-33-11-34-58-83)84-59-35-12-36-60-84)101(89-65-71-95(113-89)107(81-53-29-9-30-54-81)82-55-31-10-32-56-82)99(97)87-63-69-93(111-87)105(77-45-21-5-22-46-77)78-47-23-6-24-48-78/h1-72H. The van der Waals surface area contributed by atoms with E-state index in [4.69, 9.17) is 0 Å². The van der Waals surface area contributed by atoms with Crippen LogP contribution in [0.5, 0.6) is 0 Å². The SMILES string of the molecule is c1ccc(N(c2ccccc2)c2ccc(-c3c(-c4ccc(N(c5ccccc5)c5ccccc5)s4)c(-c4ccc(N(c5ccccc5)c5ccccc5)s4)c(-c4ccc(N(c5ccccc5)c5ccccc5)s4)c(-c4ccc(N(c5ccccc5)c5ccccc5)s4)c3-c3ccc(N(c4ccccc4)c4ccccc4)s3)s2)cc1. The molecule has 0 aliphatic carbocycles. The Morgan fingerprint density at radius 2 is 0.202 bits per heavy atom. The molecule has 114 heavy (non-hydrogen) atoms. The van der Waals surface area contributed by atoms with Gasteiger partial charge in [0.25, 0.3) is 0 Å². The molecule has 0 unspecified atom stereocenters. The zero-order valence-corrected chi connectivity index (χ0v) is 66.6. The Balaban J connectivity index is 0.998. The second kappa shape index (κ2) is 32.7. The number of nitrogens with zero attached hydrogens (tertiary/aromatic N) is 6. The van der Waals surface area contributed by atoms with Crippen molar-refractivity contribution in [1.29, 1.82) is 0 Å². The van der Waals surface area contributed by atoms with E-state index in [1.807, 2.05) is 68.0 Å². The molecule has 12 heteroatoms. The van der Waals surface area contributed by atoms with Crippen molar-refractivity contribution in [1.82, 2.24) is 0 Å². The van der Waals surface area contributed by atoms with Gasteiger partial charge in [-0.1, -0.05) is 218 Å². The van der Waals surface area contributed by atoms with Crippen LogP contribution >= 0.6 is 68.0 Å². The molecular weight excluding hydrogens is 1500 g/mol. The fourth-order valence-electron chi connectivity index (χ4n) is 15.1. The van der Waals surface area contributed by atoms with Crippen LogP contribution in [0.1, 0.15) is 0 Å². The van der Waals surface area contributed by atoms with Gasteiger partial charge in [0.2, 0.25) is 0 Å². The van der Waals surface area contributed by atoms with E-state index in [2.05, 4.69) is 466 Å². The maximum Gasteiger partial charge on any atom is 0.101 e. The summed E-state index contributed by atoms with van der Waals surface area (Å²) in [6.07, 6.45) is 0. The molecule has 0 aliphatic heterocycles. The molecule has 0 saturated heterocycles. The fraction of sp³-hybridized carbons (Fsp3) is 0. The quantitative estimate of drug-likeness (QED) is 0.0596. The van der Waals surface area contributed by atoms with Crippen molar-refractivity contribution < 1.29 is 0 Å². The molecule has 19 rings (SSSR count). The van der Waals surface area contributed by atoms with Crippen LogP contribution in [0.3, 0.4) is 0 Å². The maximum atomic E-state index is 2.42. The van der Waals surface area contributed by atoms with Crippen LogP contribution < -0.4 is 29.4 Å². The number of rotatable bonds is 24. The molecule has 6 nitrogen and oxygen atoms in total. The van der Waals surface area contributed by atoms with E-state index in [-0.39, 0.29) is 0 Å². The van der Waals surface area contributed by atoms with Gasteiger partial charge in [0.1, 0.15) is 30.0 Å². The molecule has 19 aromatic rings. The summed E-state index contributed by atoms with van der Waals surface area (Å²) in [5, 5.41) is 6.46. The van der Waals surface area contributed by atoms with Gasteiger partial charge in [0.05, 0.1) is 0 Å². The van der Waals surface area contributed by atoms with E-state index < -0.39 is 0 Å². The Bertz CT molecular complexity index is 5090. The topological polar surface area (TPSA) is 19.4 Å². The highest BCUT2D eigenvalue weighted by Gasteiger charge is 2.36. The first-order valence-corrected chi connectivity index (χ1v) is 42.8. The third kappa shape index (κ3) is 14.3. The third-order valence-electron chi connectivity index (χ3n) is 20.0. The average Bonchev–Trinajstić information content (AvgIpc) is 1.69. The molecule has 0 N–H and O–H groups in total. The Morgan fingerprint density at radius 3 is 0.298 bits per heavy atom. The van der Waals surface area contributed by atoms with E-state index in [9.17, 15) is 0 Å². The molecule has 13 aromatic carbocycles. The second-order valence-corrected chi connectivity index (χ2v) is 33.5. The highest BCUT2D eigenvalue weighted by atomic mass is 32.1. The largest absolute Gasteiger partial charge is 0.302 e. The van der Waals surface area contributed by atoms with Gasteiger partial charge in [-0.2, -0.15) is 0 Å². The van der Waals surface area contributed by atoms with Crippen LogP contribution in [-0.2, 0) is 0 Å². The van der Waals surface area contributed by atoms with E-state index in [0.29, 0.717) is 0 Å². The summed E-state index contributed by atoms with van der Waals surface area (Å²) in [4.78, 5) is 21.2.